The Bertz CT molecular complexity index is 350. The van der Waals surface area contributed by atoms with Crippen LogP contribution in [0.1, 0.15) is 5.56 Å². The summed E-state index contributed by atoms with van der Waals surface area (Å²) in [4.78, 5) is 0. The highest BCUT2D eigenvalue weighted by molar-refractivity contribution is 5.64. The van der Waals surface area contributed by atoms with Crippen LogP contribution in [0.4, 0.5) is 4.39 Å². The van der Waals surface area contributed by atoms with Crippen molar-refractivity contribution in [1.82, 2.24) is 0 Å². The third-order valence-electron chi connectivity index (χ3n) is 1.40. The van der Waals surface area contributed by atoms with E-state index < -0.39 is 5.82 Å². The Balaban J connectivity index is 3.13. The predicted octanol–water partition coefficient (Wildman–Crippen LogP) is 1.65. The number of nitriles is 1. The molecular formula is C9H7FN2. The van der Waals surface area contributed by atoms with Crippen LogP contribution in [0.5, 0.6) is 0 Å². The van der Waals surface area contributed by atoms with E-state index in [0.717, 1.165) is 6.08 Å². The Morgan fingerprint density at radius 1 is 1.50 bits per heavy atom. The number of nitrogens with zero attached hydrogens (tertiary/aromatic N) is 1. The lowest BCUT2D eigenvalue weighted by atomic mass is 10.1. The molecule has 0 aliphatic carbocycles. The lowest BCUT2D eigenvalue weighted by Crippen LogP contribution is -1.98. The highest BCUT2D eigenvalue weighted by Crippen LogP contribution is 2.12. The van der Waals surface area contributed by atoms with Crippen LogP contribution in [0.2, 0.25) is 0 Å². The fourth-order valence-electron chi connectivity index (χ4n) is 0.843. The van der Waals surface area contributed by atoms with Crippen LogP contribution in [0, 0.1) is 17.1 Å². The Hall–Kier alpha value is -1.82. The van der Waals surface area contributed by atoms with E-state index in [1.807, 2.05) is 0 Å². The summed E-state index contributed by atoms with van der Waals surface area (Å²) in [7, 11) is 0. The fraction of sp³-hybridized carbons (Fsp3) is 0. The van der Waals surface area contributed by atoms with Crippen molar-refractivity contribution >= 4 is 5.70 Å². The van der Waals surface area contributed by atoms with Crippen LogP contribution in [0.25, 0.3) is 5.70 Å². The lowest BCUT2D eigenvalue weighted by molar-refractivity contribution is 0.624. The molecule has 3 heteroatoms. The highest BCUT2D eigenvalue weighted by Gasteiger charge is 2.01. The monoisotopic (exact) mass is 162 g/mol. The smallest absolute Gasteiger partial charge is 0.132 e. The number of hydrogen-bond acceptors (Lipinski definition) is 2. The first-order valence-electron chi connectivity index (χ1n) is 3.36. The Morgan fingerprint density at radius 3 is 2.75 bits per heavy atom. The van der Waals surface area contributed by atoms with Crippen molar-refractivity contribution in [3.05, 3.63) is 41.7 Å². The Morgan fingerprint density at radius 2 is 2.17 bits per heavy atom. The van der Waals surface area contributed by atoms with Gasteiger partial charge >= 0.3 is 0 Å². The molecule has 0 radical (unpaired) electrons. The summed E-state index contributed by atoms with van der Waals surface area (Å²) >= 11 is 0. The molecule has 0 bridgehead atoms. The number of hydrogen-bond donors (Lipinski definition) is 1. The van der Waals surface area contributed by atoms with Gasteiger partial charge in [0.1, 0.15) is 5.82 Å². The molecule has 1 aromatic carbocycles. The molecule has 0 unspecified atom stereocenters. The van der Waals surface area contributed by atoms with E-state index in [-0.39, 0.29) is 11.3 Å². The average molecular weight is 162 g/mol. The second kappa shape index (κ2) is 3.54. The third kappa shape index (κ3) is 1.61. The van der Waals surface area contributed by atoms with Crippen molar-refractivity contribution in [2.75, 3.05) is 0 Å². The topological polar surface area (TPSA) is 49.8 Å². The minimum Gasteiger partial charge on any atom is -0.398 e. The Labute approximate surface area is 69.7 Å². The summed E-state index contributed by atoms with van der Waals surface area (Å²) in [5.74, 6) is -0.415. The van der Waals surface area contributed by atoms with Crippen LogP contribution >= 0.6 is 0 Å². The summed E-state index contributed by atoms with van der Waals surface area (Å²) in [6.07, 6.45) is 1.11. The van der Waals surface area contributed by atoms with Crippen LogP contribution in [-0.2, 0) is 0 Å². The lowest BCUT2D eigenvalue weighted by Gasteiger charge is -1.99. The molecule has 60 valence electrons. The van der Waals surface area contributed by atoms with Gasteiger partial charge in [-0.1, -0.05) is 12.1 Å². The number of benzene rings is 1. The van der Waals surface area contributed by atoms with Crippen molar-refractivity contribution in [1.29, 1.82) is 5.26 Å². The molecule has 0 fully saturated rings. The normalized spacial score (nSPS) is 10.8. The van der Waals surface area contributed by atoms with E-state index in [1.165, 1.54) is 12.1 Å². The molecule has 1 aromatic rings. The first-order chi connectivity index (χ1) is 5.75. The first kappa shape index (κ1) is 8.28. The summed E-state index contributed by atoms with van der Waals surface area (Å²) in [6, 6.07) is 7.80. The minimum atomic E-state index is -0.415. The van der Waals surface area contributed by atoms with Gasteiger partial charge in [-0.2, -0.15) is 5.26 Å². The number of rotatable bonds is 1. The molecule has 0 saturated heterocycles. The molecule has 0 heterocycles. The molecule has 0 amide bonds. The molecule has 2 N–H and O–H groups in total. The van der Waals surface area contributed by atoms with Gasteiger partial charge in [0.25, 0.3) is 0 Å². The number of halogens is 1. The largest absolute Gasteiger partial charge is 0.398 e. The van der Waals surface area contributed by atoms with Crippen LogP contribution in [0.15, 0.2) is 30.3 Å². The summed E-state index contributed by atoms with van der Waals surface area (Å²) < 4.78 is 12.9. The van der Waals surface area contributed by atoms with E-state index in [4.69, 9.17) is 11.0 Å². The molecule has 0 spiro atoms. The maximum atomic E-state index is 12.9. The van der Waals surface area contributed by atoms with Gasteiger partial charge in [0.05, 0.1) is 11.8 Å². The third-order valence-corrected chi connectivity index (χ3v) is 1.40. The summed E-state index contributed by atoms with van der Waals surface area (Å²) in [5.41, 5.74) is 5.82. The van der Waals surface area contributed by atoms with Gasteiger partial charge < -0.3 is 5.73 Å². The van der Waals surface area contributed by atoms with Crippen molar-refractivity contribution < 1.29 is 4.39 Å². The van der Waals surface area contributed by atoms with Gasteiger partial charge in [0, 0.05) is 11.6 Å². The number of nitrogens with two attached hydrogens (primary N) is 1. The quantitative estimate of drug-likeness (QED) is 0.638. The highest BCUT2D eigenvalue weighted by atomic mass is 19.1. The zero-order valence-electron chi connectivity index (χ0n) is 6.29. The molecule has 0 saturated carbocycles. The second-order valence-electron chi connectivity index (χ2n) is 2.21. The molecule has 1 rings (SSSR count). The number of allylic oxidation sites excluding steroid dienone is 1. The van der Waals surface area contributed by atoms with E-state index in [0.29, 0.717) is 0 Å². The molecule has 0 aliphatic rings. The maximum Gasteiger partial charge on any atom is 0.132 e. The van der Waals surface area contributed by atoms with Crippen LogP contribution in [0.3, 0.4) is 0 Å². The van der Waals surface area contributed by atoms with Crippen molar-refractivity contribution in [3.63, 3.8) is 0 Å². The van der Waals surface area contributed by atoms with Crippen molar-refractivity contribution in [2.24, 2.45) is 5.73 Å². The van der Waals surface area contributed by atoms with Crippen LogP contribution < -0.4 is 5.73 Å². The molecular weight excluding hydrogens is 155 g/mol. The van der Waals surface area contributed by atoms with E-state index >= 15 is 0 Å². The van der Waals surface area contributed by atoms with Gasteiger partial charge in [0.2, 0.25) is 0 Å². The van der Waals surface area contributed by atoms with Gasteiger partial charge in [-0.25, -0.2) is 4.39 Å². The van der Waals surface area contributed by atoms with Gasteiger partial charge in [-0.15, -0.1) is 0 Å². The standard InChI is InChI=1S/C9H7FN2/c10-8-4-2-1-3-7(8)9(12)5-6-11/h1-5H,12H2/b9-5+. The first-order valence-corrected chi connectivity index (χ1v) is 3.36. The van der Waals surface area contributed by atoms with Gasteiger partial charge in [0.15, 0.2) is 0 Å². The molecule has 2 nitrogen and oxygen atoms in total. The van der Waals surface area contributed by atoms with E-state index in [2.05, 4.69) is 0 Å². The van der Waals surface area contributed by atoms with Crippen molar-refractivity contribution in [3.8, 4) is 6.07 Å². The van der Waals surface area contributed by atoms with Gasteiger partial charge in [-0.05, 0) is 12.1 Å². The van der Waals surface area contributed by atoms with E-state index in [1.54, 1.807) is 18.2 Å². The summed E-state index contributed by atoms with van der Waals surface area (Å²) in [5, 5.41) is 8.26. The Kier molecular flexibility index (Phi) is 2.44. The van der Waals surface area contributed by atoms with E-state index in [9.17, 15) is 4.39 Å². The zero-order chi connectivity index (χ0) is 8.97. The van der Waals surface area contributed by atoms with Crippen LogP contribution in [-0.4, -0.2) is 0 Å². The molecule has 0 aliphatic heterocycles. The SMILES string of the molecule is N#C/C=C(/N)c1ccccc1F. The molecule has 0 atom stereocenters. The summed E-state index contributed by atoms with van der Waals surface area (Å²) in [6.45, 7) is 0. The predicted molar refractivity (Wildman–Crippen MR) is 44.2 cm³/mol. The zero-order valence-corrected chi connectivity index (χ0v) is 6.29. The fourth-order valence-corrected chi connectivity index (χ4v) is 0.843. The second-order valence-corrected chi connectivity index (χ2v) is 2.21. The van der Waals surface area contributed by atoms with Gasteiger partial charge in [-0.3, -0.25) is 0 Å². The molecule has 12 heavy (non-hydrogen) atoms. The average Bonchev–Trinajstić information content (AvgIpc) is 2.05. The minimum absolute atomic E-state index is 0.149. The van der Waals surface area contributed by atoms with Crippen molar-refractivity contribution in [2.45, 2.75) is 0 Å². The molecule has 0 aromatic heterocycles. The maximum absolute atomic E-state index is 12.9.